The maximum absolute atomic E-state index is 6.34. The molecule has 23 heavy (non-hydrogen) atoms. The van der Waals surface area contributed by atoms with Gasteiger partial charge in [-0.2, -0.15) is 0 Å². The van der Waals surface area contributed by atoms with Gasteiger partial charge < -0.3 is 4.74 Å². The third-order valence-corrected chi connectivity index (χ3v) is 5.01. The molecule has 120 valence electrons. The molecule has 1 aromatic heterocycles. The molecule has 4 nitrogen and oxygen atoms in total. The minimum absolute atomic E-state index is 0.142. The second kappa shape index (κ2) is 6.38. The van der Waals surface area contributed by atoms with Gasteiger partial charge in [-0.05, 0) is 43.9 Å². The molecule has 3 heterocycles. The third-order valence-electron chi connectivity index (χ3n) is 5.01. The Balaban J connectivity index is 1.40. The zero-order valence-corrected chi connectivity index (χ0v) is 13.6. The summed E-state index contributed by atoms with van der Waals surface area (Å²) in [6.07, 6.45) is 4.64. The Labute approximate surface area is 137 Å². The summed E-state index contributed by atoms with van der Waals surface area (Å²) in [6, 6.07) is 12.7. The fraction of sp³-hybridized carbons (Fsp3) is 0.474. The SMILES string of the molecule is Cc1nccc([C@@H]2C[C@H]3CCN(Cc4ccccc4)C[C@@H]3O2)n1. The van der Waals surface area contributed by atoms with Gasteiger partial charge in [0.1, 0.15) is 11.9 Å². The van der Waals surface area contributed by atoms with E-state index >= 15 is 0 Å². The van der Waals surface area contributed by atoms with Crippen molar-refractivity contribution in [3.63, 3.8) is 0 Å². The van der Waals surface area contributed by atoms with Crippen molar-refractivity contribution < 1.29 is 4.74 Å². The van der Waals surface area contributed by atoms with Crippen LogP contribution in [0.1, 0.15) is 36.0 Å². The van der Waals surface area contributed by atoms with Crippen molar-refractivity contribution in [3.8, 4) is 0 Å². The molecule has 0 unspecified atom stereocenters. The number of nitrogens with zero attached hydrogens (tertiary/aromatic N) is 3. The maximum atomic E-state index is 6.34. The molecule has 0 bridgehead atoms. The molecule has 2 saturated heterocycles. The zero-order valence-electron chi connectivity index (χ0n) is 13.6. The zero-order chi connectivity index (χ0) is 15.6. The topological polar surface area (TPSA) is 38.2 Å². The fourth-order valence-corrected chi connectivity index (χ4v) is 3.82. The van der Waals surface area contributed by atoms with Gasteiger partial charge in [-0.15, -0.1) is 0 Å². The summed E-state index contributed by atoms with van der Waals surface area (Å²) in [4.78, 5) is 11.3. The van der Waals surface area contributed by atoms with Crippen molar-refractivity contribution in [3.05, 3.63) is 59.7 Å². The quantitative estimate of drug-likeness (QED) is 0.873. The molecule has 0 radical (unpaired) electrons. The molecule has 3 atom stereocenters. The van der Waals surface area contributed by atoms with Gasteiger partial charge in [-0.3, -0.25) is 4.90 Å². The maximum Gasteiger partial charge on any atom is 0.125 e. The van der Waals surface area contributed by atoms with E-state index in [0.29, 0.717) is 12.0 Å². The molecular weight excluding hydrogens is 286 g/mol. The van der Waals surface area contributed by atoms with Gasteiger partial charge in [0, 0.05) is 19.3 Å². The van der Waals surface area contributed by atoms with Crippen molar-refractivity contribution in [1.29, 1.82) is 0 Å². The standard InChI is InChI=1S/C19H23N3O/c1-14-20-9-7-17(21-14)18-11-16-8-10-22(13-19(16)23-18)12-15-5-3-2-4-6-15/h2-7,9,16,18-19H,8,10-13H2,1H3/t16-,18+,19+/m1/s1. The second-order valence-electron chi connectivity index (χ2n) is 6.70. The first-order chi connectivity index (χ1) is 11.3. The van der Waals surface area contributed by atoms with E-state index in [-0.39, 0.29) is 6.10 Å². The molecule has 2 aromatic rings. The van der Waals surface area contributed by atoms with E-state index in [4.69, 9.17) is 4.74 Å². The Morgan fingerprint density at radius 2 is 2.09 bits per heavy atom. The summed E-state index contributed by atoms with van der Waals surface area (Å²) >= 11 is 0. The van der Waals surface area contributed by atoms with E-state index in [1.54, 1.807) is 0 Å². The van der Waals surface area contributed by atoms with E-state index < -0.39 is 0 Å². The first-order valence-corrected chi connectivity index (χ1v) is 8.49. The Morgan fingerprint density at radius 1 is 1.22 bits per heavy atom. The van der Waals surface area contributed by atoms with E-state index in [2.05, 4.69) is 45.2 Å². The third kappa shape index (κ3) is 3.28. The highest BCUT2D eigenvalue weighted by atomic mass is 16.5. The van der Waals surface area contributed by atoms with Crippen LogP contribution in [0.25, 0.3) is 0 Å². The van der Waals surface area contributed by atoms with E-state index in [1.807, 2.05) is 19.2 Å². The lowest BCUT2D eigenvalue weighted by Crippen LogP contribution is -2.41. The molecule has 4 rings (SSSR count). The molecule has 0 amide bonds. The second-order valence-corrected chi connectivity index (χ2v) is 6.70. The van der Waals surface area contributed by atoms with Gasteiger partial charge in [-0.25, -0.2) is 9.97 Å². The number of likely N-dealkylation sites (tertiary alicyclic amines) is 1. The lowest BCUT2D eigenvalue weighted by atomic mass is 9.91. The van der Waals surface area contributed by atoms with Crippen LogP contribution in [0, 0.1) is 12.8 Å². The van der Waals surface area contributed by atoms with Crippen LogP contribution in [-0.4, -0.2) is 34.1 Å². The van der Waals surface area contributed by atoms with Gasteiger partial charge >= 0.3 is 0 Å². The molecule has 0 spiro atoms. The largest absolute Gasteiger partial charge is 0.367 e. The predicted molar refractivity (Wildman–Crippen MR) is 88.8 cm³/mol. The van der Waals surface area contributed by atoms with Crippen LogP contribution in [0.15, 0.2) is 42.6 Å². The summed E-state index contributed by atoms with van der Waals surface area (Å²) in [5, 5.41) is 0. The Morgan fingerprint density at radius 3 is 2.91 bits per heavy atom. The number of fused-ring (bicyclic) bond motifs is 1. The Kier molecular flexibility index (Phi) is 4.10. The number of ether oxygens (including phenoxy) is 1. The highest BCUT2D eigenvalue weighted by Gasteiger charge is 2.40. The smallest absolute Gasteiger partial charge is 0.125 e. The van der Waals surface area contributed by atoms with Gasteiger partial charge in [0.2, 0.25) is 0 Å². The molecule has 0 saturated carbocycles. The number of hydrogen-bond donors (Lipinski definition) is 0. The Hall–Kier alpha value is -1.78. The molecular formula is C19H23N3O. The summed E-state index contributed by atoms with van der Waals surface area (Å²) in [6.45, 7) is 5.15. The summed E-state index contributed by atoms with van der Waals surface area (Å²) in [7, 11) is 0. The monoisotopic (exact) mass is 309 g/mol. The lowest BCUT2D eigenvalue weighted by Gasteiger charge is -2.34. The molecule has 2 aliphatic rings. The number of piperidine rings is 1. The van der Waals surface area contributed by atoms with Gasteiger partial charge in [0.05, 0.1) is 11.8 Å². The van der Waals surface area contributed by atoms with Crippen LogP contribution in [0.3, 0.4) is 0 Å². The molecule has 1 aromatic carbocycles. The van der Waals surface area contributed by atoms with Crippen molar-refractivity contribution in [2.45, 2.75) is 38.5 Å². The van der Waals surface area contributed by atoms with E-state index in [1.165, 1.54) is 12.0 Å². The molecule has 0 aliphatic carbocycles. The average molecular weight is 309 g/mol. The molecule has 2 fully saturated rings. The first kappa shape index (κ1) is 14.8. The lowest BCUT2D eigenvalue weighted by molar-refractivity contribution is -0.0107. The first-order valence-electron chi connectivity index (χ1n) is 8.49. The van der Waals surface area contributed by atoms with E-state index in [0.717, 1.165) is 37.6 Å². The van der Waals surface area contributed by atoms with Crippen LogP contribution < -0.4 is 0 Å². The summed E-state index contributed by atoms with van der Waals surface area (Å²) in [5.74, 6) is 1.49. The highest BCUT2D eigenvalue weighted by molar-refractivity contribution is 5.15. The average Bonchev–Trinajstić information content (AvgIpc) is 2.99. The van der Waals surface area contributed by atoms with Crippen molar-refractivity contribution >= 4 is 0 Å². The molecule has 4 heteroatoms. The number of hydrogen-bond acceptors (Lipinski definition) is 4. The number of rotatable bonds is 3. The van der Waals surface area contributed by atoms with E-state index in [9.17, 15) is 0 Å². The van der Waals surface area contributed by atoms with Crippen LogP contribution in [0.5, 0.6) is 0 Å². The minimum atomic E-state index is 0.142. The normalized spacial score (nSPS) is 27.8. The van der Waals surface area contributed by atoms with Crippen molar-refractivity contribution in [1.82, 2.24) is 14.9 Å². The summed E-state index contributed by atoms with van der Waals surface area (Å²) in [5.41, 5.74) is 2.42. The number of aryl methyl sites for hydroxylation is 1. The van der Waals surface area contributed by atoms with Crippen molar-refractivity contribution in [2.24, 2.45) is 5.92 Å². The van der Waals surface area contributed by atoms with Gasteiger partial charge in [0.25, 0.3) is 0 Å². The highest BCUT2D eigenvalue weighted by Crippen LogP contribution is 2.40. The molecule has 0 N–H and O–H groups in total. The number of aromatic nitrogens is 2. The number of benzene rings is 1. The molecule has 2 aliphatic heterocycles. The van der Waals surface area contributed by atoms with Gasteiger partial charge in [-0.1, -0.05) is 30.3 Å². The minimum Gasteiger partial charge on any atom is -0.367 e. The predicted octanol–water partition coefficient (Wildman–Crippen LogP) is 3.14. The summed E-state index contributed by atoms with van der Waals surface area (Å²) < 4.78 is 6.34. The Bertz CT molecular complexity index is 661. The van der Waals surface area contributed by atoms with Crippen LogP contribution in [0.4, 0.5) is 0 Å². The van der Waals surface area contributed by atoms with Crippen LogP contribution in [-0.2, 0) is 11.3 Å². The van der Waals surface area contributed by atoms with Crippen LogP contribution >= 0.6 is 0 Å². The fourth-order valence-electron chi connectivity index (χ4n) is 3.82. The van der Waals surface area contributed by atoms with Crippen LogP contribution in [0.2, 0.25) is 0 Å². The van der Waals surface area contributed by atoms with Gasteiger partial charge in [0.15, 0.2) is 0 Å². The van der Waals surface area contributed by atoms with Crippen molar-refractivity contribution in [2.75, 3.05) is 13.1 Å².